The number of hydrogen-bond acceptors (Lipinski definition) is 1. The Hall–Kier alpha value is -1.38. The van der Waals surface area contributed by atoms with Gasteiger partial charge in [0.25, 0.3) is 5.91 Å². The van der Waals surface area contributed by atoms with E-state index in [2.05, 4.69) is 0 Å². The molecule has 3 heteroatoms. The third-order valence-corrected chi connectivity index (χ3v) is 2.44. The van der Waals surface area contributed by atoms with Crippen molar-refractivity contribution in [2.45, 2.75) is 39.8 Å². The van der Waals surface area contributed by atoms with Crippen LogP contribution in [0.5, 0.6) is 0 Å². The fraction of sp³-hybridized carbons (Fsp3) is 0.462. The minimum atomic E-state index is -0.322. The van der Waals surface area contributed by atoms with Crippen LogP contribution in [-0.2, 0) is 0 Å². The van der Waals surface area contributed by atoms with Gasteiger partial charge in [0.1, 0.15) is 5.82 Å². The summed E-state index contributed by atoms with van der Waals surface area (Å²) in [7, 11) is 0. The van der Waals surface area contributed by atoms with E-state index < -0.39 is 0 Å². The third kappa shape index (κ3) is 2.81. The van der Waals surface area contributed by atoms with Gasteiger partial charge in [-0.2, -0.15) is 0 Å². The number of benzene rings is 1. The van der Waals surface area contributed by atoms with Crippen LogP contribution in [0.2, 0.25) is 0 Å². The molecule has 2 nitrogen and oxygen atoms in total. The molecule has 0 aromatic heterocycles. The zero-order valence-electron chi connectivity index (χ0n) is 10.2. The van der Waals surface area contributed by atoms with E-state index in [1.165, 1.54) is 24.3 Å². The van der Waals surface area contributed by atoms with Crippen LogP contribution in [0.4, 0.5) is 4.39 Å². The highest BCUT2D eigenvalue weighted by molar-refractivity contribution is 5.94. The Kier molecular flexibility index (Phi) is 4.05. The van der Waals surface area contributed by atoms with E-state index in [0.29, 0.717) is 5.56 Å². The highest BCUT2D eigenvalue weighted by Gasteiger charge is 2.21. The van der Waals surface area contributed by atoms with Gasteiger partial charge >= 0.3 is 0 Å². The molecule has 0 bridgehead atoms. The molecule has 0 spiro atoms. The summed E-state index contributed by atoms with van der Waals surface area (Å²) in [6.45, 7) is 7.89. The molecule has 0 heterocycles. The molecule has 0 aliphatic heterocycles. The highest BCUT2D eigenvalue weighted by atomic mass is 19.1. The minimum absolute atomic E-state index is 0.0509. The lowest BCUT2D eigenvalue weighted by molar-refractivity contribution is 0.0643. The summed E-state index contributed by atoms with van der Waals surface area (Å²) in [4.78, 5) is 13.9. The molecule has 0 aliphatic carbocycles. The van der Waals surface area contributed by atoms with Crippen molar-refractivity contribution in [3.05, 3.63) is 35.6 Å². The lowest BCUT2D eigenvalue weighted by Gasteiger charge is -2.30. The molecule has 1 amide bonds. The van der Waals surface area contributed by atoms with Crippen molar-refractivity contribution in [2.75, 3.05) is 0 Å². The van der Waals surface area contributed by atoms with Gasteiger partial charge < -0.3 is 4.90 Å². The maximum Gasteiger partial charge on any atom is 0.254 e. The second kappa shape index (κ2) is 5.10. The van der Waals surface area contributed by atoms with E-state index in [1.54, 1.807) is 4.90 Å². The first-order chi connectivity index (χ1) is 7.43. The highest BCUT2D eigenvalue weighted by Crippen LogP contribution is 2.12. The van der Waals surface area contributed by atoms with Crippen molar-refractivity contribution in [3.8, 4) is 0 Å². The second-order valence-corrected chi connectivity index (χ2v) is 4.41. The van der Waals surface area contributed by atoms with Gasteiger partial charge in [-0.15, -0.1) is 0 Å². The van der Waals surface area contributed by atoms with E-state index >= 15 is 0 Å². The minimum Gasteiger partial charge on any atom is -0.334 e. The lowest BCUT2D eigenvalue weighted by atomic mass is 10.1. The van der Waals surface area contributed by atoms with Gasteiger partial charge in [0.2, 0.25) is 0 Å². The molecule has 1 rings (SSSR count). The van der Waals surface area contributed by atoms with Crippen molar-refractivity contribution in [1.29, 1.82) is 0 Å². The van der Waals surface area contributed by atoms with Gasteiger partial charge in [0.15, 0.2) is 0 Å². The average molecular weight is 223 g/mol. The normalized spacial score (nSPS) is 10.9. The number of rotatable bonds is 3. The molecule has 1 aromatic rings. The van der Waals surface area contributed by atoms with Crippen LogP contribution in [0.25, 0.3) is 0 Å². The van der Waals surface area contributed by atoms with Crippen molar-refractivity contribution in [1.82, 2.24) is 4.90 Å². The molecule has 16 heavy (non-hydrogen) atoms. The van der Waals surface area contributed by atoms with Crippen molar-refractivity contribution >= 4 is 5.91 Å². The summed E-state index contributed by atoms with van der Waals surface area (Å²) in [6, 6.07) is 5.94. The predicted molar refractivity (Wildman–Crippen MR) is 62.8 cm³/mol. The Bertz CT molecular complexity index is 349. The Labute approximate surface area is 96.1 Å². The summed E-state index contributed by atoms with van der Waals surface area (Å²) in [5.41, 5.74) is 0.531. The quantitative estimate of drug-likeness (QED) is 0.771. The maximum absolute atomic E-state index is 12.7. The Balaban J connectivity index is 2.95. The third-order valence-electron chi connectivity index (χ3n) is 2.44. The molecule has 0 N–H and O–H groups in total. The number of nitrogens with zero attached hydrogens (tertiary/aromatic N) is 1. The molecule has 1 aromatic carbocycles. The van der Waals surface area contributed by atoms with Gasteiger partial charge in [-0.05, 0) is 52.0 Å². The molecule has 0 unspecified atom stereocenters. The van der Waals surface area contributed by atoms with Crippen LogP contribution < -0.4 is 0 Å². The van der Waals surface area contributed by atoms with Crippen LogP contribution in [-0.4, -0.2) is 22.9 Å². The fourth-order valence-corrected chi connectivity index (χ4v) is 1.81. The summed E-state index contributed by atoms with van der Waals surface area (Å²) in [6.07, 6.45) is 0. The number of carbonyl (C=O) groups is 1. The number of hydrogen-bond donors (Lipinski definition) is 0. The van der Waals surface area contributed by atoms with E-state index in [4.69, 9.17) is 0 Å². The topological polar surface area (TPSA) is 20.3 Å². The second-order valence-electron chi connectivity index (χ2n) is 4.41. The number of amides is 1. The monoisotopic (exact) mass is 223 g/mol. The molecule has 0 saturated carbocycles. The van der Waals surface area contributed by atoms with Gasteiger partial charge in [-0.3, -0.25) is 4.79 Å². The largest absolute Gasteiger partial charge is 0.334 e. The van der Waals surface area contributed by atoms with Crippen LogP contribution in [0.1, 0.15) is 38.1 Å². The fourth-order valence-electron chi connectivity index (χ4n) is 1.81. The van der Waals surface area contributed by atoms with Crippen LogP contribution in [0.15, 0.2) is 24.3 Å². The zero-order chi connectivity index (χ0) is 12.3. The molecule has 0 atom stereocenters. The molecule has 0 saturated heterocycles. The smallest absolute Gasteiger partial charge is 0.254 e. The summed E-state index contributed by atoms with van der Waals surface area (Å²) < 4.78 is 12.7. The van der Waals surface area contributed by atoms with Gasteiger partial charge in [-0.25, -0.2) is 4.39 Å². The summed E-state index contributed by atoms with van der Waals surface area (Å²) in [5.74, 6) is -0.373. The Morgan fingerprint density at radius 2 is 1.50 bits per heavy atom. The first-order valence-electron chi connectivity index (χ1n) is 5.51. The lowest BCUT2D eigenvalue weighted by Crippen LogP contribution is -2.42. The molecular weight excluding hydrogens is 205 g/mol. The predicted octanol–water partition coefficient (Wildman–Crippen LogP) is 3.08. The Morgan fingerprint density at radius 1 is 1.06 bits per heavy atom. The van der Waals surface area contributed by atoms with Gasteiger partial charge in [0, 0.05) is 17.6 Å². The van der Waals surface area contributed by atoms with E-state index in [1.807, 2.05) is 27.7 Å². The van der Waals surface area contributed by atoms with Crippen LogP contribution in [0, 0.1) is 5.82 Å². The maximum atomic E-state index is 12.7. The van der Waals surface area contributed by atoms with E-state index in [-0.39, 0.29) is 23.8 Å². The first kappa shape index (κ1) is 12.7. The summed E-state index contributed by atoms with van der Waals surface area (Å²) in [5, 5.41) is 0. The van der Waals surface area contributed by atoms with Crippen molar-refractivity contribution < 1.29 is 9.18 Å². The van der Waals surface area contributed by atoms with Crippen molar-refractivity contribution in [2.24, 2.45) is 0 Å². The number of carbonyl (C=O) groups excluding carboxylic acids is 1. The average Bonchev–Trinajstić information content (AvgIpc) is 2.17. The van der Waals surface area contributed by atoms with Crippen molar-refractivity contribution in [3.63, 3.8) is 0 Å². The SMILES string of the molecule is CC(C)N(C(=O)c1ccc(F)cc1)C(C)C. The number of halogens is 1. The summed E-state index contributed by atoms with van der Waals surface area (Å²) >= 11 is 0. The van der Waals surface area contributed by atoms with Gasteiger partial charge in [0.05, 0.1) is 0 Å². The first-order valence-corrected chi connectivity index (χ1v) is 5.51. The molecule has 88 valence electrons. The Morgan fingerprint density at radius 3 is 1.88 bits per heavy atom. The van der Waals surface area contributed by atoms with Crippen LogP contribution >= 0.6 is 0 Å². The standard InChI is InChI=1S/C13H18FNO/c1-9(2)15(10(3)4)13(16)11-5-7-12(14)8-6-11/h5-10H,1-4H3. The van der Waals surface area contributed by atoms with E-state index in [0.717, 1.165) is 0 Å². The zero-order valence-corrected chi connectivity index (χ0v) is 10.2. The van der Waals surface area contributed by atoms with Crippen LogP contribution in [0.3, 0.4) is 0 Å². The molecular formula is C13H18FNO. The molecule has 0 radical (unpaired) electrons. The molecule has 0 aliphatic rings. The molecule has 0 fully saturated rings. The van der Waals surface area contributed by atoms with E-state index in [9.17, 15) is 9.18 Å². The van der Waals surface area contributed by atoms with Gasteiger partial charge in [-0.1, -0.05) is 0 Å².